The number of carbonyl (C=O) groups excluding carboxylic acids is 2. The summed E-state index contributed by atoms with van der Waals surface area (Å²) < 4.78 is 0. The molecule has 0 unspecified atom stereocenters. The maximum atomic E-state index is 12.7. The average Bonchev–Trinajstić information content (AvgIpc) is 2.99. The number of anilines is 1. The van der Waals surface area contributed by atoms with E-state index in [1.165, 1.54) is 23.8 Å². The minimum Gasteiger partial charge on any atom is -0.294 e. The number of nitrogens with zero attached hydrogens (tertiary/aromatic N) is 2. The van der Waals surface area contributed by atoms with Gasteiger partial charge >= 0.3 is 0 Å². The van der Waals surface area contributed by atoms with Crippen LogP contribution in [-0.2, 0) is 11.2 Å². The quantitative estimate of drug-likeness (QED) is 0.489. The molecule has 0 spiro atoms. The number of aryl methyl sites for hydroxylation is 2. The van der Waals surface area contributed by atoms with Gasteiger partial charge in [-0.15, -0.1) is 6.58 Å². The van der Waals surface area contributed by atoms with Crippen LogP contribution in [-0.4, -0.2) is 23.2 Å². The van der Waals surface area contributed by atoms with Crippen molar-refractivity contribution in [2.45, 2.75) is 46.5 Å². The molecule has 2 aromatic rings. The van der Waals surface area contributed by atoms with E-state index in [0.717, 1.165) is 5.56 Å². The molecule has 2 rings (SSSR count). The highest BCUT2D eigenvalue weighted by Gasteiger charge is 2.21. The van der Waals surface area contributed by atoms with Crippen LogP contribution in [0.1, 0.15) is 59.6 Å². The molecule has 138 valence electrons. The van der Waals surface area contributed by atoms with E-state index >= 15 is 0 Å². The van der Waals surface area contributed by atoms with Crippen molar-refractivity contribution >= 4 is 28.2 Å². The summed E-state index contributed by atoms with van der Waals surface area (Å²) in [4.78, 5) is 31.0. The van der Waals surface area contributed by atoms with Crippen molar-refractivity contribution in [3.63, 3.8) is 0 Å². The lowest BCUT2D eigenvalue weighted by atomic mass is 10.0. The zero-order chi connectivity index (χ0) is 19.3. The van der Waals surface area contributed by atoms with Crippen LogP contribution in [0.3, 0.4) is 0 Å². The second-order valence-electron chi connectivity index (χ2n) is 6.66. The van der Waals surface area contributed by atoms with E-state index in [4.69, 9.17) is 0 Å². The fraction of sp³-hybridized carbons (Fsp3) is 0.381. The van der Waals surface area contributed by atoms with Gasteiger partial charge in [0.25, 0.3) is 0 Å². The van der Waals surface area contributed by atoms with Crippen LogP contribution in [0, 0.1) is 6.92 Å². The predicted octanol–water partition coefficient (Wildman–Crippen LogP) is 4.93. The molecule has 0 fully saturated rings. The molecule has 1 aromatic carbocycles. The molecule has 0 aliphatic heterocycles. The molecule has 0 N–H and O–H groups in total. The largest absolute Gasteiger partial charge is 0.294 e. The second kappa shape index (κ2) is 8.90. The minimum atomic E-state index is -0.0255. The smallest absolute Gasteiger partial charge is 0.229 e. The summed E-state index contributed by atoms with van der Waals surface area (Å²) in [5.74, 6) is 0.460. The number of hydrogen-bond acceptors (Lipinski definition) is 4. The Morgan fingerprint density at radius 2 is 1.92 bits per heavy atom. The third-order valence-electron chi connectivity index (χ3n) is 4.22. The van der Waals surface area contributed by atoms with E-state index in [2.05, 4.69) is 49.7 Å². The summed E-state index contributed by atoms with van der Waals surface area (Å²) in [6, 6.07) is 8.41. The molecular weight excluding hydrogens is 344 g/mol. The van der Waals surface area contributed by atoms with Crippen molar-refractivity contribution in [1.29, 1.82) is 0 Å². The van der Waals surface area contributed by atoms with Gasteiger partial charge in [-0.3, -0.25) is 14.5 Å². The topological polar surface area (TPSA) is 50.3 Å². The molecule has 1 heterocycles. The van der Waals surface area contributed by atoms with Crippen molar-refractivity contribution in [1.82, 2.24) is 4.98 Å². The molecule has 0 atom stereocenters. The number of rotatable bonds is 8. The zero-order valence-corrected chi connectivity index (χ0v) is 16.7. The maximum Gasteiger partial charge on any atom is 0.229 e. The van der Waals surface area contributed by atoms with Crippen molar-refractivity contribution in [2.24, 2.45) is 0 Å². The summed E-state index contributed by atoms with van der Waals surface area (Å²) in [7, 11) is 0. The highest BCUT2D eigenvalue weighted by atomic mass is 32.1. The molecule has 0 aliphatic rings. The fourth-order valence-electron chi connectivity index (χ4n) is 2.70. The molecule has 0 saturated carbocycles. The van der Waals surface area contributed by atoms with E-state index in [9.17, 15) is 9.59 Å². The first-order chi connectivity index (χ1) is 12.3. The molecular formula is C21H26N2O2S. The molecule has 26 heavy (non-hydrogen) atoms. The highest BCUT2D eigenvalue weighted by Crippen LogP contribution is 2.27. The van der Waals surface area contributed by atoms with Crippen LogP contribution in [0.4, 0.5) is 5.13 Å². The van der Waals surface area contributed by atoms with Gasteiger partial charge < -0.3 is 0 Å². The van der Waals surface area contributed by atoms with Crippen molar-refractivity contribution in [2.75, 3.05) is 11.4 Å². The number of amides is 1. The first kappa shape index (κ1) is 20.0. The summed E-state index contributed by atoms with van der Waals surface area (Å²) in [5, 5.41) is 0.563. The summed E-state index contributed by atoms with van der Waals surface area (Å²) in [5.41, 5.74) is 3.10. The van der Waals surface area contributed by atoms with Gasteiger partial charge in [0, 0.05) is 19.9 Å². The molecule has 0 saturated heterocycles. The van der Waals surface area contributed by atoms with Crippen LogP contribution in [0.15, 0.2) is 36.9 Å². The van der Waals surface area contributed by atoms with Crippen molar-refractivity contribution < 1.29 is 9.59 Å². The molecule has 0 radical (unpaired) electrons. The SMILES string of the molecule is C=CCN(C(=O)CCc1ccc(C(C)C)cc1)c1nc(C)c(C(C)=O)s1. The Kier molecular flexibility index (Phi) is 6.86. The van der Waals surface area contributed by atoms with Gasteiger partial charge in [-0.25, -0.2) is 4.98 Å². The van der Waals surface area contributed by atoms with Gasteiger partial charge in [0.1, 0.15) is 0 Å². The number of carbonyl (C=O) groups is 2. The zero-order valence-electron chi connectivity index (χ0n) is 15.9. The predicted molar refractivity (Wildman–Crippen MR) is 108 cm³/mol. The fourth-order valence-corrected chi connectivity index (χ4v) is 3.68. The normalized spacial score (nSPS) is 10.8. The Morgan fingerprint density at radius 3 is 2.42 bits per heavy atom. The molecule has 1 aromatic heterocycles. The Morgan fingerprint density at radius 1 is 1.27 bits per heavy atom. The van der Waals surface area contributed by atoms with Gasteiger partial charge in [0.15, 0.2) is 10.9 Å². The highest BCUT2D eigenvalue weighted by molar-refractivity contribution is 7.17. The summed E-state index contributed by atoms with van der Waals surface area (Å²) in [6.45, 7) is 11.8. The lowest BCUT2D eigenvalue weighted by Gasteiger charge is -2.18. The molecule has 0 aliphatic carbocycles. The second-order valence-corrected chi connectivity index (χ2v) is 7.63. The third kappa shape index (κ3) is 4.88. The number of thiazole rings is 1. The number of Topliss-reactive ketones (excluding diaryl/α,β-unsaturated/α-hetero) is 1. The molecule has 0 bridgehead atoms. The van der Waals surface area contributed by atoms with Crippen LogP contribution in [0.5, 0.6) is 0 Å². The molecule has 1 amide bonds. The summed E-state index contributed by atoms with van der Waals surface area (Å²) in [6.07, 6.45) is 2.75. The first-order valence-corrected chi connectivity index (χ1v) is 9.63. The Hall–Kier alpha value is -2.27. The first-order valence-electron chi connectivity index (χ1n) is 8.82. The Labute approximate surface area is 159 Å². The van der Waals surface area contributed by atoms with Gasteiger partial charge in [0.05, 0.1) is 10.6 Å². The average molecular weight is 371 g/mol. The number of ketones is 1. The van der Waals surface area contributed by atoms with Gasteiger partial charge in [-0.1, -0.05) is 55.5 Å². The van der Waals surface area contributed by atoms with E-state index < -0.39 is 0 Å². The maximum absolute atomic E-state index is 12.7. The van der Waals surface area contributed by atoms with Gasteiger partial charge in [0.2, 0.25) is 5.91 Å². The van der Waals surface area contributed by atoms with Crippen LogP contribution >= 0.6 is 11.3 Å². The van der Waals surface area contributed by atoms with E-state index in [-0.39, 0.29) is 11.7 Å². The van der Waals surface area contributed by atoms with Gasteiger partial charge in [-0.2, -0.15) is 0 Å². The Bertz CT molecular complexity index is 791. The number of benzene rings is 1. The monoisotopic (exact) mass is 370 g/mol. The Balaban J connectivity index is 2.09. The van der Waals surface area contributed by atoms with Gasteiger partial charge in [-0.05, 0) is 30.4 Å². The minimum absolute atomic E-state index is 0.0123. The standard InChI is InChI=1S/C21H26N2O2S/c1-6-13-23(21-22-15(4)20(26-21)16(5)24)19(25)12-9-17-7-10-18(11-8-17)14(2)3/h6-8,10-11,14H,1,9,12-13H2,2-5H3. The lowest BCUT2D eigenvalue weighted by Crippen LogP contribution is -2.31. The van der Waals surface area contributed by atoms with Crippen molar-refractivity contribution in [3.05, 3.63) is 58.6 Å². The van der Waals surface area contributed by atoms with Crippen molar-refractivity contribution in [3.8, 4) is 0 Å². The van der Waals surface area contributed by atoms with E-state index in [0.29, 0.717) is 41.0 Å². The van der Waals surface area contributed by atoms with Crippen LogP contribution in [0.25, 0.3) is 0 Å². The number of hydrogen-bond donors (Lipinski definition) is 0. The summed E-state index contributed by atoms with van der Waals surface area (Å²) >= 11 is 1.27. The van der Waals surface area contributed by atoms with Crippen LogP contribution in [0.2, 0.25) is 0 Å². The van der Waals surface area contributed by atoms with Crippen LogP contribution < -0.4 is 4.90 Å². The van der Waals surface area contributed by atoms with E-state index in [1.54, 1.807) is 17.9 Å². The molecule has 5 heteroatoms. The number of aromatic nitrogens is 1. The van der Waals surface area contributed by atoms with E-state index in [1.807, 2.05) is 0 Å². The molecule has 4 nitrogen and oxygen atoms in total. The lowest BCUT2D eigenvalue weighted by molar-refractivity contribution is -0.118. The third-order valence-corrected chi connectivity index (χ3v) is 5.50.